The zero-order valence-electron chi connectivity index (χ0n) is 20.6. The lowest BCUT2D eigenvalue weighted by Crippen LogP contribution is -2.43. The average molecular weight is 538 g/mol. The molecule has 0 aromatic heterocycles. The molecular formula is C28H25ClFN3O5. The second-order valence-electron chi connectivity index (χ2n) is 8.80. The number of rotatable bonds is 8. The fourth-order valence-electron chi connectivity index (χ4n) is 4.47. The molecule has 2 heterocycles. The summed E-state index contributed by atoms with van der Waals surface area (Å²) in [6.07, 6.45) is 0.397. The summed E-state index contributed by atoms with van der Waals surface area (Å²) in [5, 5.41) is 6.53. The van der Waals surface area contributed by atoms with Gasteiger partial charge in [-0.25, -0.2) is 9.40 Å². The van der Waals surface area contributed by atoms with E-state index in [2.05, 4.69) is 5.10 Å². The van der Waals surface area contributed by atoms with Crippen molar-refractivity contribution >= 4 is 29.1 Å². The van der Waals surface area contributed by atoms with Crippen LogP contribution < -0.4 is 9.47 Å². The van der Waals surface area contributed by atoms with Crippen molar-refractivity contribution in [1.82, 2.24) is 9.91 Å². The van der Waals surface area contributed by atoms with Crippen LogP contribution in [0.5, 0.6) is 11.5 Å². The third-order valence-electron chi connectivity index (χ3n) is 6.41. The topological polar surface area (TPSA) is 80.7 Å². The summed E-state index contributed by atoms with van der Waals surface area (Å²) in [6.45, 7) is 0.0726. The van der Waals surface area contributed by atoms with Gasteiger partial charge in [-0.2, -0.15) is 5.10 Å². The van der Waals surface area contributed by atoms with E-state index < -0.39 is 23.7 Å². The highest BCUT2D eigenvalue weighted by Crippen LogP contribution is 2.39. The van der Waals surface area contributed by atoms with Gasteiger partial charge >= 0.3 is 0 Å². The number of methoxy groups -OCH3 is 1. The number of carbonyl (C=O) groups excluding carboxylic acids is 2. The van der Waals surface area contributed by atoms with Crippen molar-refractivity contribution in [1.29, 1.82) is 0 Å². The maximum atomic E-state index is 14.4. The van der Waals surface area contributed by atoms with Crippen LogP contribution in [0.1, 0.15) is 33.9 Å². The van der Waals surface area contributed by atoms with Crippen LogP contribution >= 0.6 is 11.6 Å². The molecule has 0 spiro atoms. The third-order valence-corrected chi connectivity index (χ3v) is 6.74. The summed E-state index contributed by atoms with van der Waals surface area (Å²) >= 11 is 6.44. The van der Waals surface area contributed by atoms with Crippen molar-refractivity contribution in [2.75, 3.05) is 33.6 Å². The number of fused-ring (bicyclic) bond motifs is 1. The number of hydrazone groups is 1. The molecule has 38 heavy (non-hydrogen) atoms. The first kappa shape index (κ1) is 25.7. The van der Waals surface area contributed by atoms with E-state index in [4.69, 9.17) is 25.8 Å². The normalized spacial score (nSPS) is 15.9. The summed E-state index contributed by atoms with van der Waals surface area (Å²) in [6, 6.07) is 18.0. The van der Waals surface area contributed by atoms with Crippen molar-refractivity contribution < 1.29 is 28.2 Å². The molecule has 0 radical (unpaired) electrons. The molecule has 8 nitrogen and oxygen atoms in total. The average Bonchev–Trinajstić information content (AvgIpc) is 3.58. The van der Waals surface area contributed by atoms with Crippen molar-refractivity contribution in [3.63, 3.8) is 0 Å². The lowest BCUT2D eigenvalue weighted by molar-refractivity contribution is -0.133. The molecule has 0 bridgehead atoms. The monoisotopic (exact) mass is 537 g/mol. The van der Waals surface area contributed by atoms with E-state index >= 15 is 0 Å². The zero-order valence-corrected chi connectivity index (χ0v) is 21.4. The lowest BCUT2D eigenvalue weighted by atomic mass is 9.98. The Morgan fingerprint density at radius 3 is 2.66 bits per heavy atom. The van der Waals surface area contributed by atoms with E-state index in [1.165, 1.54) is 35.2 Å². The van der Waals surface area contributed by atoms with Crippen molar-refractivity contribution in [2.24, 2.45) is 5.10 Å². The first-order valence-corrected chi connectivity index (χ1v) is 12.4. The molecule has 2 aliphatic heterocycles. The molecular weight excluding hydrogens is 513 g/mol. The van der Waals surface area contributed by atoms with Gasteiger partial charge in [0.2, 0.25) is 6.79 Å². The minimum absolute atomic E-state index is 0.0963. The maximum Gasteiger partial charge on any atom is 0.262 e. The Hall–Kier alpha value is -3.95. The van der Waals surface area contributed by atoms with Gasteiger partial charge in [-0.05, 0) is 35.9 Å². The maximum absolute atomic E-state index is 14.4. The molecule has 3 aromatic rings. The molecule has 0 saturated heterocycles. The molecule has 10 heteroatoms. The second kappa shape index (κ2) is 11.2. The molecule has 5 rings (SSSR count). The Morgan fingerprint density at radius 1 is 1.11 bits per heavy atom. The van der Waals surface area contributed by atoms with Gasteiger partial charge in [0.15, 0.2) is 11.5 Å². The largest absolute Gasteiger partial charge is 0.454 e. The number of halogens is 2. The van der Waals surface area contributed by atoms with Crippen LogP contribution in [0.2, 0.25) is 5.02 Å². The van der Waals surface area contributed by atoms with Gasteiger partial charge in [0, 0.05) is 30.7 Å². The Morgan fingerprint density at radius 2 is 1.87 bits per heavy atom. The van der Waals surface area contributed by atoms with Crippen LogP contribution in [0.3, 0.4) is 0 Å². The zero-order chi connectivity index (χ0) is 26.6. The molecule has 0 fully saturated rings. The Bertz CT molecular complexity index is 1400. The van der Waals surface area contributed by atoms with Gasteiger partial charge in [0.1, 0.15) is 12.4 Å². The molecule has 196 valence electrons. The summed E-state index contributed by atoms with van der Waals surface area (Å²) in [5.74, 6) is -0.500. The summed E-state index contributed by atoms with van der Waals surface area (Å²) in [4.78, 5) is 28.2. The minimum Gasteiger partial charge on any atom is -0.454 e. The summed E-state index contributed by atoms with van der Waals surface area (Å²) < 4.78 is 30.5. The number of benzene rings is 3. The smallest absolute Gasteiger partial charge is 0.262 e. The SMILES string of the molecule is COCCN(CC(=O)N1N=C(c2ccccc2Cl)C[C@@H]1c1ccc2c(c1)OCO2)C(=O)c1ccccc1F. The molecule has 2 aliphatic rings. The first-order chi connectivity index (χ1) is 18.5. The fourth-order valence-corrected chi connectivity index (χ4v) is 4.72. The van der Waals surface area contributed by atoms with Crippen LogP contribution in [0.4, 0.5) is 4.39 Å². The molecule has 0 unspecified atom stereocenters. The van der Waals surface area contributed by atoms with Crippen LogP contribution in [-0.2, 0) is 9.53 Å². The number of carbonyl (C=O) groups is 2. The van der Waals surface area contributed by atoms with Gasteiger partial charge in [0.05, 0.1) is 23.9 Å². The predicted octanol–water partition coefficient (Wildman–Crippen LogP) is 4.67. The Kier molecular flexibility index (Phi) is 7.57. The van der Waals surface area contributed by atoms with Crippen molar-refractivity contribution in [3.05, 3.63) is 94.3 Å². The van der Waals surface area contributed by atoms with E-state index in [9.17, 15) is 14.0 Å². The second-order valence-corrected chi connectivity index (χ2v) is 9.20. The molecule has 1 atom stereocenters. The van der Waals surface area contributed by atoms with Gasteiger partial charge < -0.3 is 19.1 Å². The quantitative estimate of drug-likeness (QED) is 0.417. The Labute approximate surface area is 224 Å². The molecule has 0 N–H and O–H groups in total. The van der Waals surface area contributed by atoms with Gasteiger partial charge in [-0.3, -0.25) is 9.59 Å². The van der Waals surface area contributed by atoms with E-state index in [0.717, 1.165) is 5.56 Å². The van der Waals surface area contributed by atoms with E-state index in [-0.39, 0.29) is 32.1 Å². The number of ether oxygens (including phenoxy) is 3. The summed E-state index contributed by atoms with van der Waals surface area (Å²) in [7, 11) is 1.49. The van der Waals surface area contributed by atoms with Crippen LogP contribution in [0, 0.1) is 5.82 Å². The highest BCUT2D eigenvalue weighted by atomic mass is 35.5. The third kappa shape index (κ3) is 5.20. The molecule has 0 saturated carbocycles. The number of hydrogen-bond donors (Lipinski definition) is 0. The minimum atomic E-state index is -0.661. The van der Waals surface area contributed by atoms with Crippen molar-refractivity contribution in [2.45, 2.75) is 12.5 Å². The standard InChI is InChI=1S/C28H25ClFN3O5/c1-36-13-12-32(28(35)20-7-3-5-9-22(20)30)16-27(34)33-24(18-10-11-25-26(14-18)38-17-37-25)15-23(31-33)19-6-2-4-8-21(19)29/h2-11,14,24H,12-13,15-17H2,1H3/t24-/m1/s1. The molecule has 0 aliphatic carbocycles. The number of amides is 2. The fraction of sp³-hybridized carbons (Fsp3) is 0.250. The van der Waals surface area contributed by atoms with E-state index in [0.29, 0.717) is 34.2 Å². The Balaban J connectivity index is 1.46. The van der Waals surface area contributed by atoms with Crippen molar-refractivity contribution in [3.8, 4) is 11.5 Å². The summed E-state index contributed by atoms with van der Waals surface area (Å²) in [5.41, 5.74) is 2.02. The highest BCUT2D eigenvalue weighted by molar-refractivity contribution is 6.34. The van der Waals surface area contributed by atoms with Gasteiger partial charge in [-0.1, -0.05) is 48.0 Å². The van der Waals surface area contributed by atoms with Crippen LogP contribution in [0.25, 0.3) is 0 Å². The molecule has 2 amide bonds. The van der Waals surface area contributed by atoms with E-state index in [1.54, 1.807) is 18.2 Å². The van der Waals surface area contributed by atoms with Crippen LogP contribution in [-0.4, -0.2) is 61.0 Å². The first-order valence-electron chi connectivity index (χ1n) is 12.0. The molecule has 3 aromatic carbocycles. The van der Waals surface area contributed by atoms with Gasteiger partial charge in [-0.15, -0.1) is 0 Å². The van der Waals surface area contributed by atoms with Gasteiger partial charge in [0.25, 0.3) is 11.8 Å². The number of hydrogen-bond acceptors (Lipinski definition) is 6. The number of nitrogens with zero attached hydrogens (tertiary/aromatic N) is 3. The predicted molar refractivity (Wildman–Crippen MR) is 139 cm³/mol. The highest BCUT2D eigenvalue weighted by Gasteiger charge is 2.36. The van der Waals surface area contributed by atoms with E-state index in [1.807, 2.05) is 30.3 Å². The van der Waals surface area contributed by atoms with Crippen LogP contribution in [0.15, 0.2) is 71.8 Å². The lowest BCUT2D eigenvalue weighted by Gasteiger charge is -2.27.